The molecule has 2 bridgehead atoms. The van der Waals surface area contributed by atoms with Crippen molar-refractivity contribution in [2.24, 2.45) is 11.8 Å². The Labute approximate surface area is 161 Å². The first kappa shape index (κ1) is 17.7. The van der Waals surface area contributed by atoms with Gasteiger partial charge in [0.2, 0.25) is 5.95 Å². The summed E-state index contributed by atoms with van der Waals surface area (Å²) in [6, 6.07) is 0.477. The molecule has 3 aliphatic carbocycles. The van der Waals surface area contributed by atoms with Crippen LogP contribution in [0, 0.1) is 11.8 Å². The maximum Gasteiger partial charge on any atom is 0.257 e. The van der Waals surface area contributed by atoms with Gasteiger partial charge in [-0.15, -0.1) is 0 Å². The molecule has 27 heavy (non-hydrogen) atoms. The Morgan fingerprint density at radius 2 is 1.93 bits per heavy atom. The topological polar surface area (TPSA) is 98.6 Å². The number of carbonyl (C=O) groups is 1. The van der Waals surface area contributed by atoms with E-state index < -0.39 is 10.6 Å². The fourth-order valence-corrected chi connectivity index (χ4v) is 6.21. The monoisotopic (exact) mass is 392 g/mol. The van der Waals surface area contributed by atoms with Crippen molar-refractivity contribution in [1.29, 1.82) is 0 Å². The Balaban J connectivity index is 1.33. The molecule has 0 aromatic carbocycles. The Morgan fingerprint density at radius 3 is 2.56 bits per heavy atom. The smallest absolute Gasteiger partial charge is 0.257 e. The molecule has 3 N–H and O–H groups in total. The SMILES string of the molecule is O=C(c1cnc(N[C@@H]2C[C@H]3CC[C@@H]2C3)nc1C1CC1)N1CCS(O)(O)CC1. The molecule has 1 saturated heterocycles. The summed E-state index contributed by atoms with van der Waals surface area (Å²) < 4.78 is 19.6. The zero-order valence-electron chi connectivity index (χ0n) is 15.5. The number of fused-ring (bicyclic) bond motifs is 2. The highest BCUT2D eigenvalue weighted by atomic mass is 32.3. The lowest BCUT2D eigenvalue weighted by Crippen LogP contribution is -2.42. The van der Waals surface area contributed by atoms with Gasteiger partial charge in [-0.2, -0.15) is 10.6 Å². The summed E-state index contributed by atoms with van der Waals surface area (Å²) >= 11 is 0. The summed E-state index contributed by atoms with van der Waals surface area (Å²) in [5, 5.41) is 3.54. The van der Waals surface area contributed by atoms with Crippen molar-refractivity contribution in [3.63, 3.8) is 0 Å². The predicted octanol–water partition coefficient (Wildman–Crippen LogP) is 3.16. The summed E-state index contributed by atoms with van der Waals surface area (Å²) in [4.78, 5) is 23.9. The van der Waals surface area contributed by atoms with Crippen LogP contribution in [0.5, 0.6) is 0 Å². The van der Waals surface area contributed by atoms with Gasteiger partial charge in [0, 0.05) is 31.2 Å². The minimum absolute atomic E-state index is 0.0710. The van der Waals surface area contributed by atoms with E-state index in [1.807, 2.05) is 0 Å². The fourth-order valence-electron chi connectivity index (χ4n) is 4.98. The molecule has 0 spiro atoms. The summed E-state index contributed by atoms with van der Waals surface area (Å²) in [5.74, 6) is 3.10. The van der Waals surface area contributed by atoms with E-state index in [1.165, 1.54) is 25.7 Å². The first-order valence-electron chi connectivity index (χ1n) is 10.1. The second-order valence-electron chi connectivity index (χ2n) is 8.70. The van der Waals surface area contributed by atoms with Gasteiger partial charge in [0.25, 0.3) is 5.91 Å². The van der Waals surface area contributed by atoms with Gasteiger partial charge in [-0.3, -0.25) is 13.9 Å². The van der Waals surface area contributed by atoms with Gasteiger partial charge in [-0.25, -0.2) is 9.97 Å². The van der Waals surface area contributed by atoms with Gasteiger partial charge < -0.3 is 10.2 Å². The van der Waals surface area contributed by atoms with E-state index in [2.05, 4.69) is 10.3 Å². The van der Waals surface area contributed by atoms with Crippen LogP contribution in [0.1, 0.15) is 60.5 Å². The lowest BCUT2D eigenvalue weighted by Gasteiger charge is -2.41. The van der Waals surface area contributed by atoms with Crippen LogP contribution in [0.25, 0.3) is 0 Å². The van der Waals surface area contributed by atoms with E-state index in [-0.39, 0.29) is 17.4 Å². The fraction of sp³-hybridized carbons (Fsp3) is 0.737. The standard InChI is InChI=1S/C19H28N4O3S/c24-18(23-5-7-27(25,26)8-6-23)15-11-20-19(22-17(15)13-3-4-13)21-16-10-12-1-2-14(16)9-12/h11-14,16,25-26H,1-10H2,(H,20,21,22)/t12-,14+,16+/m0/s1. The second kappa shape index (κ2) is 6.60. The molecule has 3 saturated carbocycles. The van der Waals surface area contributed by atoms with Crippen LogP contribution in [0.15, 0.2) is 6.20 Å². The average molecular weight is 393 g/mol. The largest absolute Gasteiger partial charge is 0.351 e. The third-order valence-electron chi connectivity index (χ3n) is 6.73. The maximum absolute atomic E-state index is 13.0. The van der Waals surface area contributed by atoms with Crippen molar-refractivity contribution in [2.75, 3.05) is 29.9 Å². The predicted molar refractivity (Wildman–Crippen MR) is 105 cm³/mol. The molecule has 8 heteroatoms. The highest BCUT2D eigenvalue weighted by molar-refractivity contribution is 8.24. The first-order chi connectivity index (χ1) is 13.0. The molecule has 0 unspecified atom stereocenters. The van der Waals surface area contributed by atoms with Crippen LogP contribution in [-0.2, 0) is 0 Å². The Morgan fingerprint density at radius 1 is 1.15 bits per heavy atom. The number of hydrogen-bond acceptors (Lipinski definition) is 6. The van der Waals surface area contributed by atoms with Crippen LogP contribution in [0.2, 0.25) is 0 Å². The van der Waals surface area contributed by atoms with E-state index in [9.17, 15) is 13.9 Å². The quantitative estimate of drug-likeness (QED) is 0.728. The van der Waals surface area contributed by atoms with Gasteiger partial charge in [-0.1, -0.05) is 6.42 Å². The molecular formula is C19H28N4O3S. The van der Waals surface area contributed by atoms with Crippen molar-refractivity contribution >= 4 is 22.4 Å². The summed E-state index contributed by atoms with van der Waals surface area (Å²) in [5.41, 5.74) is 1.47. The van der Waals surface area contributed by atoms with Crippen LogP contribution in [0.4, 0.5) is 5.95 Å². The molecule has 1 aromatic rings. The Kier molecular flexibility index (Phi) is 4.33. The van der Waals surface area contributed by atoms with Gasteiger partial charge in [-0.05, 0) is 43.9 Å². The van der Waals surface area contributed by atoms with Crippen molar-refractivity contribution in [2.45, 2.75) is 50.5 Å². The third kappa shape index (κ3) is 3.54. The molecule has 3 atom stereocenters. The highest BCUT2D eigenvalue weighted by Gasteiger charge is 2.40. The number of amides is 1. The molecule has 0 radical (unpaired) electrons. The zero-order chi connectivity index (χ0) is 18.6. The lowest BCUT2D eigenvalue weighted by molar-refractivity contribution is 0.0766. The molecule has 4 fully saturated rings. The number of rotatable bonds is 4. The van der Waals surface area contributed by atoms with Crippen LogP contribution >= 0.6 is 10.6 Å². The zero-order valence-corrected chi connectivity index (χ0v) is 16.3. The van der Waals surface area contributed by atoms with Crippen molar-refractivity contribution in [3.05, 3.63) is 17.5 Å². The Hall–Kier alpha value is -1.38. The summed E-state index contributed by atoms with van der Waals surface area (Å²) in [7, 11) is -2.51. The van der Waals surface area contributed by atoms with E-state index in [4.69, 9.17) is 4.98 Å². The van der Waals surface area contributed by atoms with Crippen LogP contribution in [0.3, 0.4) is 0 Å². The van der Waals surface area contributed by atoms with Crippen LogP contribution in [-0.4, -0.2) is 60.5 Å². The summed E-state index contributed by atoms with van der Waals surface area (Å²) in [6.45, 7) is 0.771. The van der Waals surface area contributed by atoms with Crippen LogP contribution < -0.4 is 5.32 Å². The Bertz CT molecular complexity index is 744. The van der Waals surface area contributed by atoms with Gasteiger partial charge in [0.15, 0.2) is 0 Å². The molecule has 1 aromatic heterocycles. The normalized spacial score (nSPS) is 33.1. The molecule has 4 aliphatic rings. The van der Waals surface area contributed by atoms with Gasteiger partial charge in [0.05, 0.1) is 22.8 Å². The van der Waals surface area contributed by atoms with E-state index in [1.54, 1.807) is 11.1 Å². The van der Waals surface area contributed by atoms with Crippen molar-refractivity contribution < 1.29 is 13.9 Å². The molecule has 148 valence electrons. The van der Waals surface area contributed by atoms with Crippen molar-refractivity contribution in [3.8, 4) is 0 Å². The van der Waals surface area contributed by atoms with E-state index in [0.29, 0.717) is 36.6 Å². The molecule has 5 rings (SSSR count). The van der Waals surface area contributed by atoms with Crippen molar-refractivity contribution in [1.82, 2.24) is 14.9 Å². The average Bonchev–Trinajstić information content (AvgIpc) is 3.30. The molecule has 2 heterocycles. The minimum atomic E-state index is -2.51. The number of carbonyl (C=O) groups excluding carboxylic acids is 1. The molecule has 1 aliphatic heterocycles. The number of aromatic nitrogens is 2. The van der Waals surface area contributed by atoms with E-state index in [0.717, 1.165) is 30.4 Å². The lowest BCUT2D eigenvalue weighted by atomic mass is 9.95. The molecular weight excluding hydrogens is 364 g/mol. The maximum atomic E-state index is 13.0. The third-order valence-corrected chi connectivity index (χ3v) is 8.40. The molecule has 1 amide bonds. The first-order valence-corrected chi connectivity index (χ1v) is 12.0. The number of hydrogen-bond donors (Lipinski definition) is 3. The number of anilines is 1. The summed E-state index contributed by atoms with van der Waals surface area (Å²) in [6.07, 6.45) is 9.06. The highest BCUT2D eigenvalue weighted by Crippen LogP contribution is 2.46. The minimum Gasteiger partial charge on any atom is -0.351 e. The van der Waals surface area contributed by atoms with E-state index >= 15 is 0 Å². The number of nitrogens with one attached hydrogen (secondary N) is 1. The van der Waals surface area contributed by atoms with Gasteiger partial charge in [0.1, 0.15) is 0 Å². The second-order valence-corrected chi connectivity index (χ2v) is 11.1. The number of nitrogens with zero attached hydrogens (tertiary/aromatic N) is 3. The van der Waals surface area contributed by atoms with Gasteiger partial charge >= 0.3 is 0 Å². The molecule has 7 nitrogen and oxygen atoms in total.